The van der Waals surface area contributed by atoms with E-state index in [0.717, 1.165) is 11.3 Å². The molecular weight excluding hydrogens is 248 g/mol. The van der Waals surface area contributed by atoms with E-state index in [1.54, 1.807) is 26.2 Å². The molecule has 2 atom stereocenters. The molecule has 0 heterocycles. The van der Waals surface area contributed by atoms with Crippen LogP contribution < -0.4 is 15.8 Å². The average Bonchev–Trinajstić information content (AvgIpc) is 2.37. The third kappa shape index (κ3) is 4.59. The van der Waals surface area contributed by atoms with E-state index < -0.39 is 17.9 Å². The van der Waals surface area contributed by atoms with Gasteiger partial charge >= 0.3 is 5.97 Å². The summed E-state index contributed by atoms with van der Waals surface area (Å²) in [5, 5.41) is 11.2. The molecule has 0 radical (unpaired) electrons. The Bertz CT molecular complexity index is 444. The first-order chi connectivity index (χ1) is 8.93. The van der Waals surface area contributed by atoms with Crippen LogP contribution in [0.4, 0.5) is 0 Å². The first-order valence-corrected chi connectivity index (χ1v) is 5.85. The van der Waals surface area contributed by atoms with Crippen LogP contribution >= 0.6 is 0 Å². The number of ether oxygens (including phenoxy) is 1. The fourth-order valence-electron chi connectivity index (χ4n) is 1.58. The van der Waals surface area contributed by atoms with Gasteiger partial charge in [-0.15, -0.1) is 0 Å². The van der Waals surface area contributed by atoms with Gasteiger partial charge in [0.25, 0.3) is 0 Å². The van der Waals surface area contributed by atoms with Crippen molar-refractivity contribution in [2.24, 2.45) is 5.73 Å². The molecule has 0 aliphatic carbocycles. The Morgan fingerprint density at radius 2 is 1.95 bits per heavy atom. The van der Waals surface area contributed by atoms with Gasteiger partial charge in [0.15, 0.2) is 0 Å². The number of amides is 1. The minimum absolute atomic E-state index is 0.252. The van der Waals surface area contributed by atoms with E-state index in [2.05, 4.69) is 5.32 Å². The summed E-state index contributed by atoms with van der Waals surface area (Å²) in [5.41, 5.74) is 6.36. The number of benzene rings is 1. The minimum Gasteiger partial charge on any atom is -0.497 e. The smallest absolute Gasteiger partial charge is 0.305 e. The van der Waals surface area contributed by atoms with Crippen LogP contribution in [-0.2, 0) is 9.59 Å². The molecule has 1 amide bonds. The van der Waals surface area contributed by atoms with Gasteiger partial charge in [-0.1, -0.05) is 12.1 Å². The summed E-state index contributed by atoms with van der Waals surface area (Å²) >= 11 is 0. The maximum atomic E-state index is 11.7. The molecule has 0 bridgehead atoms. The highest BCUT2D eigenvalue weighted by Gasteiger charge is 2.19. The van der Waals surface area contributed by atoms with E-state index in [1.807, 2.05) is 12.1 Å². The Kier molecular flexibility index (Phi) is 5.32. The van der Waals surface area contributed by atoms with Crippen LogP contribution in [-0.4, -0.2) is 30.1 Å². The predicted octanol–water partition coefficient (Wildman–Crippen LogP) is 0.674. The molecular formula is C13H18N2O4. The van der Waals surface area contributed by atoms with E-state index in [4.69, 9.17) is 15.6 Å². The molecule has 0 fully saturated rings. The fourth-order valence-corrected chi connectivity index (χ4v) is 1.58. The maximum absolute atomic E-state index is 11.7. The summed E-state index contributed by atoms with van der Waals surface area (Å²) in [6, 6.07) is 5.93. The highest BCUT2D eigenvalue weighted by Crippen LogP contribution is 2.17. The lowest BCUT2D eigenvalue weighted by atomic mass is 10.1. The number of hydrogen-bond acceptors (Lipinski definition) is 4. The van der Waals surface area contributed by atoms with Gasteiger partial charge in [0, 0.05) is 0 Å². The van der Waals surface area contributed by atoms with Crippen molar-refractivity contribution in [2.75, 3.05) is 7.11 Å². The Morgan fingerprint density at radius 1 is 1.37 bits per heavy atom. The van der Waals surface area contributed by atoms with Crippen LogP contribution in [0.2, 0.25) is 0 Å². The second-order valence-electron chi connectivity index (χ2n) is 4.21. The number of carboxylic acids is 1. The van der Waals surface area contributed by atoms with E-state index in [1.165, 1.54) is 0 Å². The van der Waals surface area contributed by atoms with E-state index in [-0.39, 0.29) is 12.5 Å². The van der Waals surface area contributed by atoms with Crippen molar-refractivity contribution in [2.45, 2.75) is 25.4 Å². The van der Waals surface area contributed by atoms with Gasteiger partial charge in [0.1, 0.15) is 5.75 Å². The van der Waals surface area contributed by atoms with Crippen LogP contribution in [0.1, 0.15) is 24.9 Å². The summed E-state index contributed by atoms with van der Waals surface area (Å²) in [5.74, 6) is -0.852. The zero-order valence-corrected chi connectivity index (χ0v) is 10.9. The summed E-state index contributed by atoms with van der Waals surface area (Å²) in [6.07, 6.45) is -0.388. The highest BCUT2D eigenvalue weighted by molar-refractivity contribution is 5.86. The molecule has 0 spiro atoms. The average molecular weight is 266 g/mol. The normalized spacial score (nSPS) is 13.4. The van der Waals surface area contributed by atoms with E-state index in [9.17, 15) is 9.59 Å². The van der Waals surface area contributed by atoms with E-state index in [0.29, 0.717) is 0 Å². The van der Waals surface area contributed by atoms with Gasteiger partial charge in [-0.2, -0.15) is 0 Å². The molecule has 104 valence electrons. The van der Waals surface area contributed by atoms with Gasteiger partial charge in [0.2, 0.25) is 5.91 Å². The molecule has 19 heavy (non-hydrogen) atoms. The van der Waals surface area contributed by atoms with Gasteiger partial charge < -0.3 is 20.9 Å². The van der Waals surface area contributed by atoms with Crippen LogP contribution in [0.25, 0.3) is 0 Å². The Morgan fingerprint density at radius 3 is 2.42 bits per heavy atom. The SMILES string of the molecule is COc1ccc(C(C)NC(=O)C(N)CC(=O)O)cc1. The molecule has 0 aliphatic rings. The van der Waals surface area contributed by atoms with Gasteiger partial charge in [-0.3, -0.25) is 9.59 Å². The predicted molar refractivity (Wildman–Crippen MR) is 69.8 cm³/mol. The minimum atomic E-state index is -1.10. The van der Waals surface area contributed by atoms with Gasteiger partial charge in [0.05, 0.1) is 25.6 Å². The lowest BCUT2D eigenvalue weighted by Crippen LogP contribution is -2.42. The zero-order chi connectivity index (χ0) is 14.4. The second-order valence-corrected chi connectivity index (χ2v) is 4.21. The molecule has 2 unspecified atom stereocenters. The standard InChI is InChI=1S/C13H18N2O4/c1-8(9-3-5-10(19-2)6-4-9)15-13(18)11(14)7-12(16)17/h3-6,8,11H,7,14H2,1-2H3,(H,15,18)(H,16,17). The molecule has 1 aromatic carbocycles. The summed E-state index contributed by atoms with van der Waals surface area (Å²) in [6.45, 7) is 1.80. The molecule has 1 aromatic rings. The van der Waals surface area contributed by atoms with Gasteiger partial charge in [-0.25, -0.2) is 0 Å². The topological polar surface area (TPSA) is 102 Å². The lowest BCUT2D eigenvalue weighted by Gasteiger charge is -2.17. The Labute approximate surface area is 111 Å². The molecule has 4 N–H and O–H groups in total. The molecule has 0 aromatic heterocycles. The third-order valence-electron chi connectivity index (χ3n) is 2.71. The van der Waals surface area contributed by atoms with E-state index >= 15 is 0 Å². The number of methoxy groups -OCH3 is 1. The fraction of sp³-hybridized carbons (Fsp3) is 0.385. The first kappa shape index (κ1) is 15.0. The maximum Gasteiger partial charge on any atom is 0.305 e. The molecule has 0 aliphatic heterocycles. The van der Waals surface area contributed by atoms with Crippen molar-refractivity contribution in [1.29, 1.82) is 0 Å². The number of aliphatic carboxylic acids is 1. The number of rotatable bonds is 6. The Balaban J connectivity index is 2.60. The molecule has 0 saturated carbocycles. The number of carbonyl (C=O) groups is 2. The third-order valence-corrected chi connectivity index (χ3v) is 2.71. The van der Waals surface area contributed by atoms with Crippen molar-refractivity contribution in [3.8, 4) is 5.75 Å². The summed E-state index contributed by atoms with van der Waals surface area (Å²) in [7, 11) is 1.57. The van der Waals surface area contributed by atoms with Crippen molar-refractivity contribution in [3.05, 3.63) is 29.8 Å². The quantitative estimate of drug-likeness (QED) is 0.702. The second kappa shape index (κ2) is 6.75. The first-order valence-electron chi connectivity index (χ1n) is 5.85. The lowest BCUT2D eigenvalue weighted by molar-refractivity contribution is -0.139. The van der Waals surface area contributed by atoms with Crippen molar-refractivity contribution in [1.82, 2.24) is 5.32 Å². The largest absolute Gasteiger partial charge is 0.497 e. The van der Waals surface area contributed by atoms with Crippen LogP contribution in [0.5, 0.6) is 5.75 Å². The molecule has 1 rings (SSSR count). The molecule has 6 heteroatoms. The number of nitrogens with one attached hydrogen (secondary N) is 1. The number of carboxylic acid groups (broad SMARTS) is 1. The Hall–Kier alpha value is -2.08. The number of hydrogen-bond donors (Lipinski definition) is 3. The van der Waals surface area contributed by atoms with Crippen molar-refractivity contribution >= 4 is 11.9 Å². The van der Waals surface area contributed by atoms with Crippen LogP contribution in [0.15, 0.2) is 24.3 Å². The van der Waals surface area contributed by atoms with Crippen LogP contribution in [0.3, 0.4) is 0 Å². The molecule has 6 nitrogen and oxygen atoms in total. The van der Waals surface area contributed by atoms with Crippen LogP contribution in [0, 0.1) is 0 Å². The monoisotopic (exact) mass is 266 g/mol. The number of nitrogens with two attached hydrogens (primary N) is 1. The number of carbonyl (C=O) groups excluding carboxylic acids is 1. The molecule has 0 saturated heterocycles. The van der Waals surface area contributed by atoms with Crippen molar-refractivity contribution < 1.29 is 19.4 Å². The summed E-state index contributed by atoms with van der Waals surface area (Å²) in [4.78, 5) is 22.1. The summed E-state index contributed by atoms with van der Waals surface area (Å²) < 4.78 is 5.04. The van der Waals surface area contributed by atoms with Crippen molar-refractivity contribution in [3.63, 3.8) is 0 Å². The zero-order valence-electron chi connectivity index (χ0n) is 10.9. The highest BCUT2D eigenvalue weighted by atomic mass is 16.5. The van der Waals surface area contributed by atoms with Gasteiger partial charge in [-0.05, 0) is 24.6 Å².